The van der Waals surface area contributed by atoms with E-state index < -0.39 is 90.1 Å². The Morgan fingerprint density at radius 3 is 1.89 bits per heavy atom. The highest BCUT2D eigenvalue weighted by Gasteiger charge is 2.36. The summed E-state index contributed by atoms with van der Waals surface area (Å²) in [5.74, 6) is -5.74. The van der Waals surface area contributed by atoms with E-state index in [-0.39, 0.29) is 43.6 Å². The number of hydrogen-bond acceptors (Lipinski definition) is 10. The molecule has 1 heterocycles. The summed E-state index contributed by atoms with van der Waals surface area (Å²) in [6.07, 6.45) is 2.24. The molecule has 0 aromatic heterocycles. The Morgan fingerprint density at radius 1 is 0.778 bits per heavy atom. The average molecular weight is 768 g/mol. The summed E-state index contributed by atoms with van der Waals surface area (Å²) in [6.45, 7) is 8.72. The van der Waals surface area contributed by atoms with Crippen molar-refractivity contribution >= 4 is 53.3 Å². The fourth-order valence-corrected chi connectivity index (χ4v) is 5.61. The maximum absolute atomic E-state index is 13.4. The van der Waals surface area contributed by atoms with Gasteiger partial charge in [0, 0.05) is 19.6 Å². The highest BCUT2D eigenvalue weighted by atomic mass is 16.4. The first-order chi connectivity index (χ1) is 25.2. The van der Waals surface area contributed by atoms with Gasteiger partial charge < -0.3 is 65.3 Å². The van der Waals surface area contributed by atoms with Crippen LogP contribution in [0.4, 0.5) is 0 Å². The number of rotatable bonds is 23. The number of nitrogens with one attached hydrogen (secondary N) is 5. The summed E-state index contributed by atoms with van der Waals surface area (Å²) in [5, 5.41) is 22.3. The van der Waals surface area contributed by atoms with E-state index in [1.165, 1.54) is 11.8 Å². The number of carbonyl (C=O) groups is 7. The Kier molecular flexibility index (Phi) is 20.3. The monoisotopic (exact) mass is 767 g/mol. The highest BCUT2D eigenvalue weighted by molar-refractivity contribution is 5.96. The Balaban J connectivity index is 2.79. The molecule has 1 rings (SSSR count). The molecular formula is C33H61N13O8. The number of hydrogen-bond donors (Lipinski definition) is 11. The van der Waals surface area contributed by atoms with Gasteiger partial charge in [0.25, 0.3) is 0 Å². The summed E-state index contributed by atoms with van der Waals surface area (Å²) in [7, 11) is 0. The zero-order valence-electron chi connectivity index (χ0n) is 31.9. The van der Waals surface area contributed by atoms with Crippen LogP contribution in [-0.2, 0) is 33.6 Å². The van der Waals surface area contributed by atoms with Crippen LogP contribution in [0, 0.1) is 11.8 Å². The van der Waals surface area contributed by atoms with Gasteiger partial charge in [0.05, 0.1) is 12.6 Å². The number of nitrogens with two attached hydrogens (primary N) is 5. The molecule has 6 atom stereocenters. The Bertz CT molecular complexity index is 1370. The number of carbonyl (C=O) groups excluding carboxylic acids is 6. The lowest BCUT2D eigenvalue weighted by Gasteiger charge is -2.28. The van der Waals surface area contributed by atoms with Crippen LogP contribution in [0.2, 0.25) is 0 Å². The standard InChI is InChI=1S/C33H61N13O8/c1-17(2)15-22(27(49)45-25(18(3)4)29(51)43-21(31(53)54)10-7-13-40-33(37)38)44-26(48)19(5)42-24(47)16-41-28(50)23-11-8-14-46(23)30(52)20(34)9-6-12-39-32(35)36/h17-23,25H,6-16,34H2,1-5H3,(H,41,50)(H,42,47)(H,43,51)(H,44,48)(H,45,49)(H,53,54)(H4,35,36,39)(H4,37,38,40)/t19-,20-,21-,22-,23-,25-/m0/s1. The molecule has 0 aromatic carbocycles. The molecule has 306 valence electrons. The van der Waals surface area contributed by atoms with Crippen LogP contribution >= 0.6 is 0 Å². The minimum atomic E-state index is -1.27. The minimum absolute atomic E-state index is 0.0347. The lowest BCUT2D eigenvalue weighted by atomic mass is 9.99. The van der Waals surface area contributed by atoms with Gasteiger partial charge in [-0.25, -0.2) is 4.79 Å². The lowest BCUT2D eigenvalue weighted by Crippen LogP contribution is -2.59. The van der Waals surface area contributed by atoms with Crippen molar-refractivity contribution in [2.75, 3.05) is 26.2 Å². The zero-order valence-corrected chi connectivity index (χ0v) is 31.9. The molecule has 0 unspecified atom stereocenters. The van der Waals surface area contributed by atoms with Crippen molar-refractivity contribution in [1.29, 1.82) is 0 Å². The van der Waals surface area contributed by atoms with Crippen LogP contribution in [0.3, 0.4) is 0 Å². The second-order valence-electron chi connectivity index (χ2n) is 14.0. The molecule has 0 aromatic rings. The van der Waals surface area contributed by atoms with Gasteiger partial charge in [-0.2, -0.15) is 0 Å². The van der Waals surface area contributed by atoms with Gasteiger partial charge in [-0.15, -0.1) is 0 Å². The summed E-state index contributed by atoms with van der Waals surface area (Å²) in [6, 6.07) is -6.30. The Hall–Kier alpha value is -5.21. The van der Waals surface area contributed by atoms with Crippen LogP contribution in [0.15, 0.2) is 9.98 Å². The number of aliphatic carboxylic acids is 1. The van der Waals surface area contributed by atoms with Gasteiger partial charge in [-0.3, -0.25) is 38.8 Å². The number of aliphatic imine (C=N–C) groups is 2. The maximum Gasteiger partial charge on any atom is 0.326 e. The number of amides is 6. The molecule has 21 heteroatoms. The van der Waals surface area contributed by atoms with Crippen molar-refractivity contribution in [3.8, 4) is 0 Å². The quantitative estimate of drug-likeness (QED) is 0.0271. The van der Waals surface area contributed by atoms with Gasteiger partial charge in [0.1, 0.15) is 30.2 Å². The minimum Gasteiger partial charge on any atom is -0.480 e. The van der Waals surface area contributed by atoms with Gasteiger partial charge in [0.15, 0.2) is 11.9 Å². The van der Waals surface area contributed by atoms with Crippen LogP contribution in [0.5, 0.6) is 0 Å². The molecule has 1 aliphatic heterocycles. The van der Waals surface area contributed by atoms with Crippen molar-refractivity contribution in [3.63, 3.8) is 0 Å². The van der Waals surface area contributed by atoms with Crippen molar-refractivity contribution in [3.05, 3.63) is 0 Å². The van der Waals surface area contributed by atoms with E-state index in [0.717, 1.165) is 0 Å². The SMILES string of the molecule is CC(C)C[C@H](NC(=O)[C@H](C)NC(=O)CNC(=O)[C@@H]1CCCN1C(=O)[C@@H](N)CCCN=C(N)N)C(=O)N[C@H](C(=O)N[C@@H](CCCN=C(N)N)C(=O)O)C(C)C. The third-order valence-electron chi connectivity index (χ3n) is 8.46. The normalized spacial score (nSPS) is 16.6. The van der Waals surface area contributed by atoms with Gasteiger partial charge in [0.2, 0.25) is 35.4 Å². The number of carboxylic acids is 1. The largest absolute Gasteiger partial charge is 0.480 e. The van der Waals surface area contributed by atoms with Gasteiger partial charge in [-0.05, 0) is 63.7 Å². The first kappa shape index (κ1) is 46.8. The zero-order chi connectivity index (χ0) is 41.1. The number of likely N-dealkylation sites (tertiary alicyclic amines) is 1. The first-order valence-electron chi connectivity index (χ1n) is 18.1. The predicted molar refractivity (Wildman–Crippen MR) is 201 cm³/mol. The summed E-state index contributed by atoms with van der Waals surface area (Å²) in [4.78, 5) is 99.2. The molecule has 0 radical (unpaired) electrons. The van der Waals surface area contributed by atoms with Crippen LogP contribution in [-0.4, -0.2) is 126 Å². The molecule has 1 saturated heterocycles. The van der Waals surface area contributed by atoms with Crippen LogP contribution in [0.1, 0.15) is 79.6 Å². The fraction of sp³-hybridized carbons (Fsp3) is 0.727. The van der Waals surface area contributed by atoms with E-state index in [1.54, 1.807) is 13.8 Å². The van der Waals surface area contributed by atoms with Crippen molar-refractivity contribution in [2.45, 2.75) is 116 Å². The number of guanidine groups is 2. The van der Waals surface area contributed by atoms with Gasteiger partial charge in [-0.1, -0.05) is 27.7 Å². The number of nitrogens with zero attached hydrogens (tertiary/aromatic N) is 3. The summed E-state index contributed by atoms with van der Waals surface area (Å²) < 4.78 is 0. The van der Waals surface area contributed by atoms with Gasteiger partial charge >= 0.3 is 5.97 Å². The second kappa shape index (κ2) is 23.5. The molecule has 21 nitrogen and oxygen atoms in total. The molecule has 16 N–H and O–H groups in total. The molecule has 0 bridgehead atoms. The van der Waals surface area contributed by atoms with Crippen molar-refractivity contribution in [2.24, 2.45) is 50.5 Å². The van der Waals surface area contributed by atoms with Crippen LogP contribution in [0.25, 0.3) is 0 Å². The molecule has 6 amide bonds. The van der Waals surface area contributed by atoms with Crippen molar-refractivity contribution < 1.29 is 38.7 Å². The smallest absolute Gasteiger partial charge is 0.326 e. The molecule has 0 aliphatic carbocycles. The summed E-state index contributed by atoms with van der Waals surface area (Å²) >= 11 is 0. The molecular weight excluding hydrogens is 706 g/mol. The molecule has 1 fully saturated rings. The van der Waals surface area contributed by atoms with E-state index in [1.807, 2.05) is 13.8 Å². The Morgan fingerprint density at radius 2 is 1.35 bits per heavy atom. The lowest BCUT2D eigenvalue weighted by molar-refractivity contribution is -0.142. The van der Waals surface area contributed by atoms with E-state index >= 15 is 0 Å². The van der Waals surface area contributed by atoms with E-state index in [9.17, 15) is 38.7 Å². The second-order valence-corrected chi connectivity index (χ2v) is 14.0. The highest BCUT2D eigenvalue weighted by Crippen LogP contribution is 2.19. The molecule has 1 aliphatic rings. The molecule has 54 heavy (non-hydrogen) atoms. The third-order valence-corrected chi connectivity index (χ3v) is 8.46. The van der Waals surface area contributed by atoms with E-state index in [2.05, 4.69) is 36.6 Å². The topological polar surface area (TPSA) is 358 Å². The number of carboxylic acid groups (broad SMARTS) is 1. The first-order valence-corrected chi connectivity index (χ1v) is 18.1. The summed E-state index contributed by atoms with van der Waals surface area (Å²) in [5.41, 5.74) is 27.3. The maximum atomic E-state index is 13.4. The molecule has 0 spiro atoms. The van der Waals surface area contributed by atoms with Crippen molar-refractivity contribution in [1.82, 2.24) is 31.5 Å². The average Bonchev–Trinajstić information content (AvgIpc) is 3.57. The van der Waals surface area contributed by atoms with Crippen LogP contribution < -0.4 is 55.3 Å². The predicted octanol–water partition coefficient (Wildman–Crippen LogP) is -3.73. The van der Waals surface area contributed by atoms with E-state index in [0.29, 0.717) is 38.8 Å². The van der Waals surface area contributed by atoms with E-state index in [4.69, 9.17) is 28.7 Å². The Labute approximate surface area is 315 Å². The third kappa shape index (κ3) is 17.1. The molecule has 0 saturated carbocycles. The fourth-order valence-electron chi connectivity index (χ4n) is 5.61.